The van der Waals surface area contributed by atoms with E-state index in [0.717, 1.165) is 73.8 Å². The van der Waals surface area contributed by atoms with Crippen LogP contribution in [0.25, 0.3) is 0 Å². The fourth-order valence-electron chi connectivity index (χ4n) is 4.30. The number of morpholine rings is 1. The van der Waals surface area contributed by atoms with Crippen molar-refractivity contribution in [3.8, 4) is 5.75 Å². The Labute approximate surface area is 196 Å². The Kier molecular flexibility index (Phi) is 7.62. The predicted molar refractivity (Wildman–Crippen MR) is 130 cm³/mol. The van der Waals surface area contributed by atoms with Gasteiger partial charge in [0, 0.05) is 37.8 Å². The van der Waals surface area contributed by atoms with Crippen LogP contribution in [0.5, 0.6) is 5.75 Å². The summed E-state index contributed by atoms with van der Waals surface area (Å²) in [6, 6.07) is 14.2. The standard InChI is InChI=1S/C26H34N4O3/c1-19-5-7-21(8-6-19)25-24-18-23(33-14-4-11-29-12-15-32-16-13-29)10-9-22(24)17-20(2)30(28-25)26(31)27-3/h5-10,18,20H,4,11-17H2,1-3H3,(H,27,31). The monoisotopic (exact) mass is 450 g/mol. The molecule has 0 bridgehead atoms. The van der Waals surface area contributed by atoms with Crippen molar-refractivity contribution in [2.75, 3.05) is 46.5 Å². The van der Waals surface area contributed by atoms with E-state index in [1.165, 1.54) is 5.56 Å². The number of nitrogens with one attached hydrogen (secondary N) is 1. The molecule has 7 heteroatoms. The van der Waals surface area contributed by atoms with Gasteiger partial charge < -0.3 is 14.8 Å². The van der Waals surface area contributed by atoms with Crippen molar-refractivity contribution < 1.29 is 14.3 Å². The highest BCUT2D eigenvalue weighted by Gasteiger charge is 2.27. The van der Waals surface area contributed by atoms with E-state index in [1.807, 2.05) is 13.0 Å². The normalized spacial score (nSPS) is 18.8. The van der Waals surface area contributed by atoms with E-state index >= 15 is 0 Å². The number of urea groups is 1. The third-order valence-corrected chi connectivity index (χ3v) is 6.22. The first-order chi connectivity index (χ1) is 16.0. The van der Waals surface area contributed by atoms with Gasteiger partial charge in [0.1, 0.15) is 5.75 Å². The van der Waals surface area contributed by atoms with Gasteiger partial charge in [-0.3, -0.25) is 4.90 Å². The van der Waals surface area contributed by atoms with Crippen molar-refractivity contribution in [1.82, 2.24) is 15.2 Å². The number of rotatable bonds is 6. The van der Waals surface area contributed by atoms with E-state index in [2.05, 4.69) is 53.5 Å². The van der Waals surface area contributed by atoms with Crippen molar-refractivity contribution >= 4 is 11.7 Å². The number of hydrazone groups is 1. The highest BCUT2D eigenvalue weighted by Crippen LogP contribution is 2.27. The Morgan fingerprint density at radius 3 is 2.67 bits per heavy atom. The third-order valence-electron chi connectivity index (χ3n) is 6.22. The first kappa shape index (κ1) is 23.3. The van der Waals surface area contributed by atoms with Gasteiger partial charge in [0.05, 0.1) is 31.6 Å². The van der Waals surface area contributed by atoms with Gasteiger partial charge in [0.2, 0.25) is 0 Å². The Balaban J connectivity index is 1.56. The van der Waals surface area contributed by atoms with E-state index in [1.54, 1.807) is 12.1 Å². The van der Waals surface area contributed by atoms with Crippen LogP contribution in [-0.2, 0) is 11.2 Å². The molecule has 4 rings (SSSR count). The average Bonchev–Trinajstić information content (AvgIpc) is 2.98. The number of amides is 2. The van der Waals surface area contributed by atoms with Gasteiger partial charge in [0.25, 0.3) is 0 Å². The van der Waals surface area contributed by atoms with Crippen molar-refractivity contribution in [2.45, 2.75) is 32.7 Å². The van der Waals surface area contributed by atoms with Gasteiger partial charge >= 0.3 is 6.03 Å². The lowest BCUT2D eigenvalue weighted by Crippen LogP contribution is -2.41. The van der Waals surface area contributed by atoms with Crippen LogP contribution >= 0.6 is 0 Å². The first-order valence-electron chi connectivity index (χ1n) is 11.8. The zero-order valence-electron chi connectivity index (χ0n) is 19.8. The third kappa shape index (κ3) is 5.72. The largest absolute Gasteiger partial charge is 0.494 e. The van der Waals surface area contributed by atoms with Crippen LogP contribution in [0.3, 0.4) is 0 Å². The van der Waals surface area contributed by atoms with Crippen LogP contribution in [0.4, 0.5) is 4.79 Å². The Bertz CT molecular complexity index is 984. The number of benzene rings is 2. The zero-order valence-corrected chi connectivity index (χ0v) is 19.8. The maximum absolute atomic E-state index is 12.6. The molecule has 2 aromatic rings. The Hall–Kier alpha value is -2.90. The highest BCUT2D eigenvalue weighted by molar-refractivity contribution is 6.14. The van der Waals surface area contributed by atoms with Gasteiger partial charge in [0.15, 0.2) is 0 Å². The Morgan fingerprint density at radius 2 is 1.94 bits per heavy atom. The number of carbonyl (C=O) groups is 1. The number of hydrogen-bond donors (Lipinski definition) is 1. The minimum atomic E-state index is -0.209. The van der Waals surface area contributed by atoms with Gasteiger partial charge in [-0.25, -0.2) is 9.80 Å². The molecule has 1 fully saturated rings. The second-order valence-corrected chi connectivity index (χ2v) is 8.74. The minimum Gasteiger partial charge on any atom is -0.494 e. The molecule has 2 aromatic carbocycles. The van der Waals surface area contributed by atoms with Crippen molar-refractivity contribution in [2.24, 2.45) is 5.10 Å². The number of hydrogen-bond acceptors (Lipinski definition) is 5. The lowest BCUT2D eigenvalue weighted by Gasteiger charge is -2.26. The molecule has 33 heavy (non-hydrogen) atoms. The first-order valence-corrected chi connectivity index (χ1v) is 11.8. The molecule has 0 saturated carbocycles. The molecule has 1 unspecified atom stereocenters. The molecule has 0 radical (unpaired) electrons. The quantitative estimate of drug-likeness (QED) is 0.685. The molecule has 2 heterocycles. The summed E-state index contributed by atoms with van der Waals surface area (Å²) in [6.45, 7) is 9.39. The maximum Gasteiger partial charge on any atom is 0.337 e. The molecule has 2 amide bonds. The summed E-state index contributed by atoms with van der Waals surface area (Å²) in [4.78, 5) is 15.0. The lowest BCUT2D eigenvalue weighted by molar-refractivity contribution is 0.0358. The number of carbonyl (C=O) groups excluding carboxylic acids is 1. The maximum atomic E-state index is 12.6. The molecule has 0 aromatic heterocycles. The van der Waals surface area contributed by atoms with Gasteiger partial charge in [-0.15, -0.1) is 0 Å². The van der Waals surface area contributed by atoms with Gasteiger partial charge in [-0.2, -0.15) is 5.10 Å². The average molecular weight is 451 g/mol. The summed E-state index contributed by atoms with van der Waals surface area (Å²) >= 11 is 0. The van der Waals surface area contributed by atoms with E-state index in [-0.39, 0.29) is 12.1 Å². The van der Waals surface area contributed by atoms with Crippen LogP contribution in [0, 0.1) is 6.92 Å². The van der Waals surface area contributed by atoms with E-state index in [4.69, 9.17) is 14.6 Å². The van der Waals surface area contributed by atoms with E-state index in [0.29, 0.717) is 6.61 Å². The molecule has 7 nitrogen and oxygen atoms in total. The number of ether oxygens (including phenoxy) is 2. The molecular weight excluding hydrogens is 416 g/mol. The summed E-state index contributed by atoms with van der Waals surface area (Å²) in [7, 11) is 1.64. The van der Waals surface area contributed by atoms with Crippen LogP contribution < -0.4 is 10.1 Å². The van der Waals surface area contributed by atoms with Crippen LogP contribution in [0.15, 0.2) is 47.6 Å². The number of aryl methyl sites for hydroxylation is 1. The van der Waals surface area contributed by atoms with Crippen LogP contribution in [-0.4, -0.2) is 74.2 Å². The smallest absolute Gasteiger partial charge is 0.337 e. The molecule has 2 aliphatic rings. The van der Waals surface area contributed by atoms with Gasteiger partial charge in [-0.1, -0.05) is 35.9 Å². The summed E-state index contributed by atoms with van der Waals surface area (Å²) in [5.74, 6) is 0.830. The second-order valence-electron chi connectivity index (χ2n) is 8.74. The SMILES string of the molecule is CNC(=O)N1N=C(c2ccc(C)cc2)c2cc(OCCCN3CCOCC3)ccc2CC1C. The number of fused-ring (bicyclic) bond motifs is 1. The Morgan fingerprint density at radius 1 is 1.18 bits per heavy atom. The van der Waals surface area contributed by atoms with E-state index in [9.17, 15) is 4.79 Å². The summed E-state index contributed by atoms with van der Waals surface area (Å²) in [6.07, 6.45) is 1.69. The molecular formula is C26H34N4O3. The van der Waals surface area contributed by atoms with Crippen LogP contribution in [0.2, 0.25) is 0 Å². The van der Waals surface area contributed by atoms with Crippen molar-refractivity contribution in [3.05, 3.63) is 64.7 Å². The molecule has 0 aliphatic carbocycles. The van der Waals surface area contributed by atoms with Crippen molar-refractivity contribution in [1.29, 1.82) is 0 Å². The molecule has 2 aliphatic heterocycles. The lowest BCUT2D eigenvalue weighted by atomic mass is 9.94. The second kappa shape index (κ2) is 10.8. The number of nitrogens with zero attached hydrogens (tertiary/aromatic N) is 3. The molecule has 1 atom stereocenters. The molecule has 1 N–H and O–H groups in total. The topological polar surface area (TPSA) is 66.4 Å². The molecule has 1 saturated heterocycles. The van der Waals surface area contributed by atoms with E-state index < -0.39 is 0 Å². The van der Waals surface area contributed by atoms with Crippen molar-refractivity contribution in [3.63, 3.8) is 0 Å². The highest BCUT2D eigenvalue weighted by atomic mass is 16.5. The molecule has 0 spiro atoms. The molecule has 176 valence electrons. The van der Waals surface area contributed by atoms with Crippen LogP contribution in [0.1, 0.15) is 35.6 Å². The summed E-state index contributed by atoms with van der Waals surface area (Å²) in [5.41, 5.74) is 5.13. The zero-order chi connectivity index (χ0) is 23.2. The van der Waals surface area contributed by atoms with Gasteiger partial charge in [-0.05, 0) is 44.4 Å². The fraction of sp³-hybridized carbons (Fsp3) is 0.462. The fourth-order valence-corrected chi connectivity index (χ4v) is 4.30. The summed E-state index contributed by atoms with van der Waals surface area (Å²) < 4.78 is 11.5. The predicted octanol–water partition coefficient (Wildman–Crippen LogP) is 3.43. The minimum absolute atomic E-state index is 0.0630. The summed E-state index contributed by atoms with van der Waals surface area (Å²) in [5, 5.41) is 9.10.